The number of H-pyrrole nitrogens is 1. The van der Waals surface area contributed by atoms with Crippen molar-refractivity contribution >= 4 is 28.7 Å². The Labute approximate surface area is 109 Å². The highest BCUT2D eigenvalue weighted by Gasteiger charge is 2.19. The van der Waals surface area contributed by atoms with E-state index >= 15 is 0 Å². The number of fused-ring (bicyclic) bond motifs is 1. The van der Waals surface area contributed by atoms with Gasteiger partial charge < -0.3 is 10.6 Å². The van der Waals surface area contributed by atoms with Crippen molar-refractivity contribution in [3.63, 3.8) is 0 Å². The lowest BCUT2D eigenvalue weighted by molar-refractivity contribution is -0.116. The van der Waals surface area contributed by atoms with E-state index in [1.54, 1.807) is 11.1 Å². The van der Waals surface area contributed by atoms with Crippen molar-refractivity contribution in [2.45, 2.75) is 19.9 Å². The molecule has 0 saturated carbocycles. The van der Waals surface area contributed by atoms with Gasteiger partial charge in [0.25, 0.3) is 0 Å². The maximum absolute atomic E-state index is 11.2. The second-order valence-electron chi connectivity index (χ2n) is 4.34. The highest BCUT2D eigenvalue weighted by Crippen LogP contribution is 2.24. The van der Waals surface area contributed by atoms with E-state index in [1.807, 2.05) is 13.8 Å². The van der Waals surface area contributed by atoms with Crippen LogP contribution in [0.4, 0.5) is 11.8 Å². The smallest absolute Gasteiger partial charge is 0.241 e. The Bertz CT molecular complexity index is 592. The molecule has 0 aromatic carbocycles. The number of nitrogens with zero attached hydrogens (tertiary/aromatic N) is 4. The first kappa shape index (κ1) is 13.0. The lowest BCUT2D eigenvalue weighted by atomic mass is 10.2. The van der Waals surface area contributed by atoms with Crippen molar-refractivity contribution < 1.29 is 4.79 Å². The number of carbonyl (C=O) groups excluding carboxylic acids is 1. The minimum Gasteiger partial charge on any atom is -0.368 e. The summed E-state index contributed by atoms with van der Waals surface area (Å²) < 4.78 is 0. The lowest BCUT2D eigenvalue weighted by Gasteiger charge is -2.27. The number of nitrogen functional groups attached to an aromatic ring is 1. The van der Waals surface area contributed by atoms with Crippen LogP contribution in [0, 0.1) is 0 Å². The maximum atomic E-state index is 11.2. The van der Waals surface area contributed by atoms with Gasteiger partial charge in [-0.15, -0.1) is 0 Å². The Balaban J connectivity index is 2.56. The number of hydrogen-bond donors (Lipinski definition) is 4. The molecule has 0 radical (unpaired) electrons. The second kappa shape index (κ2) is 5.06. The minimum absolute atomic E-state index is 0.0334. The second-order valence-corrected chi connectivity index (χ2v) is 4.34. The normalized spacial score (nSPS) is 10.9. The van der Waals surface area contributed by atoms with Crippen molar-refractivity contribution in [1.29, 1.82) is 0 Å². The third-order valence-electron chi connectivity index (χ3n) is 2.64. The van der Waals surface area contributed by atoms with Crippen LogP contribution in [0.1, 0.15) is 13.8 Å². The Morgan fingerprint density at radius 1 is 1.53 bits per heavy atom. The fourth-order valence-electron chi connectivity index (χ4n) is 1.77. The number of rotatable bonds is 5. The van der Waals surface area contributed by atoms with E-state index < -0.39 is 5.91 Å². The van der Waals surface area contributed by atoms with Crippen molar-refractivity contribution in [3.05, 3.63) is 6.20 Å². The molecule has 2 heterocycles. The van der Waals surface area contributed by atoms with E-state index in [2.05, 4.69) is 25.6 Å². The van der Waals surface area contributed by atoms with Crippen LogP contribution in [0.2, 0.25) is 0 Å². The van der Waals surface area contributed by atoms with Crippen LogP contribution in [0.3, 0.4) is 0 Å². The molecule has 9 heteroatoms. The Morgan fingerprint density at radius 2 is 2.26 bits per heavy atom. The number of nitrogens with two attached hydrogens (primary N) is 2. The molecule has 102 valence electrons. The van der Waals surface area contributed by atoms with Crippen LogP contribution in [0.5, 0.6) is 0 Å². The molecule has 0 spiro atoms. The van der Waals surface area contributed by atoms with E-state index in [0.29, 0.717) is 16.9 Å². The van der Waals surface area contributed by atoms with Gasteiger partial charge in [0.2, 0.25) is 11.9 Å². The third-order valence-corrected chi connectivity index (χ3v) is 2.64. The minimum atomic E-state index is -0.439. The zero-order valence-electron chi connectivity index (χ0n) is 10.7. The highest BCUT2D eigenvalue weighted by atomic mass is 16.1. The lowest BCUT2D eigenvalue weighted by Crippen LogP contribution is -2.39. The Hall–Kier alpha value is -2.42. The molecule has 6 N–H and O–H groups in total. The molecule has 9 nitrogen and oxygen atoms in total. The summed E-state index contributed by atoms with van der Waals surface area (Å²) in [5.74, 6) is 5.69. The summed E-state index contributed by atoms with van der Waals surface area (Å²) in [7, 11) is 0. The monoisotopic (exact) mass is 264 g/mol. The third kappa shape index (κ3) is 2.55. The quantitative estimate of drug-likeness (QED) is 0.415. The molecular formula is C10H16N8O. The molecule has 0 atom stereocenters. The molecule has 0 aliphatic rings. The first-order valence-corrected chi connectivity index (χ1v) is 5.75. The zero-order valence-corrected chi connectivity index (χ0v) is 10.7. The van der Waals surface area contributed by atoms with Crippen LogP contribution >= 0.6 is 0 Å². The molecular weight excluding hydrogens is 248 g/mol. The fourth-order valence-corrected chi connectivity index (χ4v) is 1.77. The van der Waals surface area contributed by atoms with Gasteiger partial charge in [-0.25, -0.2) is 5.84 Å². The Kier molecular flexibility index (Phi) is 3.47. The molecule has 0 fully saturated rings. The van der Waals surface area contributed by atoms with Crippen LogP contribution in [-0.4, -0.2) is 38.7 Å². The Morgan fingerprint density at radius 3 is 2.84 bits per heavy atom. The topological polar surface area (TPSA) is 139 Å². The van der Waals surface area contributed by atoms with Crippen LogP contribution in [0.25, 0.3) is 11.0 Å². The van der Waals surface area contributed by atoms with Gasteiger partial charge in [0.15, 0.2) is 5.65 Å². The predicted octanol–water partition coefficient (Wildman–Crippen LogP) is -0.661. The van der Waals surface area contributed by atoms with Gasteiger partial charge in [-0.05, 0) is 13.8 Å². The highest BCUT2D eigenvalue weighted by molar-refractivity contribution is 5.90. The predicted molar refractivity (Wildman–Crippen MR) is 71.2 cm³/mol. The van der Waals surface area contributed by atoms with Crippen molar-refractivity contribution in [2.75, 3.05) is 16.9 Å². The molecule has 2 rings (SSSR count). The van der Waals surface area contributed by atoms with Crippen molar-refractivity contribution in [3.8, 4) is 0 Å². The largest absolute Gasteiger partial charge is 0.368 e. The number of aromatic amines is 1. The maximum Gasteiger partial charge on any atom is 0.241 e. The molecule has 0 bridgehead atoms. The van der Waals surface area contributed by atoms with E-state index in [-0.39, 0.29) is 18.5 Å². The average Bonchev–Trinajstić information content (AvgIpc) is 2.82. The summed E-state index contributed by atoms with van der Waals surface area (Å²) in [6, 6.07) is 0.0334. The van der Waals surface area contributed by atoms with Crippen molar-refractivity contribution in [1.82, 2.24) is 20.2 Å². The molecule has 19 heavy (non-hydrogen) atoms. The van der Waals surface area contributed by atoms with Gasteiger partial charge in [0, 0.05) is 6.04 Å². The molecule has 0 aliphatic carbocycles. The molecule has 0 aliphatic heterocycles. The summed E-state index contributed by atoms with van der Waals surface area (Å²) in [6.45, 7) is 3.93. The first-order valence-electron chi connectivity index (χ1n) is 5.75. The summed E-state index contributed by atoms with van der Waals surface area (Å²) in [5, 5.41) is 7.36. The summed E-state index contributed by atoms with van der Waals surface area (Å²) in [6.07, 6.45) is 1.60. The summed E-state index contributed by atoms with van der Waals surface area (Å²) in [5.41, 5.74) is 8.19. The van der Waals surface area contributed by atoms with Gasteiger partial charge in [0.05, 0.1) is 18.1 Å². The van der Waals surface area contributed by atoms with E-state index in [0.717, 1.165) is 0 Å². The van der Waals surface area contributed by atoms with Gasteiger partial charge in [-0.3, -0.25) is 15.3 Å². The number of carbonyl (C=O) groups is 1. The number of nitrogens with one attached hydrogen (secondary N) is 2. The number of amides is 1. The molecule has 2 aromatic heterocycles. The zero-order chi connectivity index (χ0) is 14.0. The SMILES string of the molecule is CC(C)N(CC(N)=O)c1nc(NN)nc2[nH]ncc12. The molecule has 1 amide bonds. The van der Waals surface area contributed by atoms with Gasteiger partial charge in [-0.2, -0.15) is 15.1 Å². The van der Waals surface area contributed by atoms with Gasteiger partial charge in [0.1, 0.15) is 5.82 Å². The standard InChI is InChI=1S/C10H16N8O/c1-5(2)18(4-7(11)19)9-6-3-13-17-8(6)14-10(15-9)16-12/h3,5H,4,12H2,1-2H3,(H2,11,19)(H2,13,14,15,16,17). The van der Waals surface area contributed by atoms with E-state index in [4.69, 9.17) is 11.6 Å². The first-order chi connectivity index (χ1) is 9.02. The summed E-state index contributed by atoms with van der Waals surface area (Å²) >= 11 is 0. The van der Waals surface area contributed by atoms with E-state index in [1.165, 1.54) is 0 Å². The van der Waals surface area contributed by atoms with E-state index in [9.17, 15) is 4.79 Å². The number of hydrazine groups is 1. The van der Waals surface area contributed by atoms with Crippen LogP contribution < -0.4 is 21.9 Å². The van der Waals surface area contributed by atoms with Crippen molar-refractivity contribution in [2.24, 2.45) is 11.6 Å². The number of aromatic nitrogens is 4. The summed E-state index contributed by atoms with van der Waals surface area (Å²) in [4.78, 5) is 21.4. The van der Waals surface area contributed by atoms with Crippen LogP contribution in [0.15, 0.2) is 6.20 Å². The fraction of sp³-hybridized carbons (Fsp3) is 0.400. The number of anilines is 2. The molecule has 0 saturated heterocycles. The number of hydrogen-bond acceptors (Lipinski definition) is 7. The average molecular weight is 264 g/mol. The van der Waals surface area contributed by atoms with Crippen LogP contribution in [-0.2, 0) is 4.79 Å². The van der Waals surface area contributed by atoms with Gasteiger partial charge >= 0.3 is 0 Å². The molecule has 0 unspecified atom stereocenters. The molecule has 2 aromatic rings. The van der Waals surface area contributed by atoms with Gasteiger partial charge in [-0.1, -0.05) is 0 Å². The number of primary amides is 1.